The number of aliphatic hydroxyl groups is 3. The summed E-state index contributed by atoms with van der Waals surface area (Å²) in [6.07, 6.45) is 0.263. The molecule has 0 saturated heterocycles. The Bertz CT molecular complexity index is 281. The van der Waals surface area contributed by atoms with E-state index in [1.54, 1.807) is 6.92 Å². The maximum Gasteiger partial charge on any atom is 0.308 e. The third kappa shape index (κ3) is 6.68. The smallest absolute Gasteiger partial charge is 0.308 e. The summed E-state index contributed by atoms with van der Waals surface area (Å²) in [5, 5.41) is 38.6. The van der Waals surface area contributed by atoms with Crippen LogP contribution in [-0.4, -0.2) is 44.7 Å². The Morgan fingerprint density at radius 3 is 1.80 bits per heavy atom. The molecule has 4 N–H and O–H groups in total. The molecule has 0 rings (SSSR count). The Morgan fingerprint density at radius 1 is 0.900 bits per heavy atom. The highest BCUT2D eigenvalue weighted by Gasteiger charge is 2.27. The van der Waals surface area contributed by atoms with Gasteiger partial charge in [-0.1, -0.05) is 27.2 Å². The van der Waals surface area contributed by atoms with Crippen LogP contribution in [0.2, 0.25) is 0 Å². The Labute approximate surface area is 121 Å². The van der Waals surface area contributed by atoms with Crippen molar-refractivity contribution in [3.63, 3.8) is 0 Å². The first-order valence-corrected chi connectivity index (χ1v) is 7.47. The van der Waals surface area contributed by atoms with Crippen molar-refractivity contribution in [1.82, 2.24) is 0 Å². The fourth-order valence-electron chi connectivity index (χ4n) is 2.26. The zero-order valence-electron chi connectivity index (χ0n) is 13.0. The molecule has 0 amide bonds. The Kier molecular flexibility index (Phi) is 9.01. The number of rotatable bonds is 10. The third-order valence-corrected chi connectivity index (χ3v) is 4.09. The van der Waals surface area contributed by atoms with Crippen molar-refractivity contribution in [3.05, 3.63) is 0 Å². The Morgan fingerprint density at radius 2 is 1.35 bits per heavy atom. The summed E-state index contributed by atoms with van der Waals surface area (Å²) in [6, 6.07) is 0. The van der Waals surface area contributed by atoms with Crippen LogP contribution < -0.4 is 0 Å². The van der Waals surface area contributed by atoms with E-state index in [9.17, 15) is 20.1 Å². The molecule has 0 bridgehead atoms. The number of aliphatic carboxylic acids is 1. The van der Waals surface area contributed by atoms with E-state index in [1.807, 2.05) is 13.8 Å². The summed E-state index contributed by atoms with van der Waals surface area (Å²) >= 11 is 0. The Balaban J connectivity index is 4.27. The first-order valence-electron chi connectivity index (χ1n) is 7.47. The molecule has 0 aliphatic heterocycles. The van der Waals surface area contributed by atoms with Crippen LogP contribution in [0.15, 0.2) is 0 Å². The van der Waals surface area contributed by atoms with Gasteiger partial charge in [0.05, 0.1) is 24.2 Å². The largest absolute Gasteiger partial charge is 0.481 e. The maximum absolute atomic E-state index is 10.8. The number of hydrogen-bond donors (Lipinski definition) is 4. The molecule has 120 valence electrons. The van der Waals surface area contributed by atoms with Gasteiger partial charge in [0, 0.05) is 0 Å². The minimum Gasteiger partial charge on any atom is -0.481 e. The third-order valence-electron chi connectivity index (χ3n) is 4.09. The van der Waals surface area contributed by atoms with Crippen molar-refractivity contribution >= 4 is 5.97 Å². The van der Waals surface area contributed by atoms with Gasteiger partial charge in [-0.2, -0.15) is 0 Å². The van der Waals surface area contributed by atoms with Crippen molar-refractivity contribution in [2.24, 2.45) is 17.8 Å². The summed E-state index contributed by atoms with van der Waals surface area (Å²) in [5.41, 5.74) is 0. The van der Waals surface area contributed by atoms with Gasteiger partial charge < -0.3 is 20.4 Å². The van der Waals surface area contributed by atoms with Gasteiger partial charge in [-0.15, -0.1) is 0 Å². The molecule has 0 aromatic carbocycles. The van der Waals surface area contributed by atoms with Gasteiger partial charge in [-0.25, -0.2) is 0 Å². The molecule has 5 nitrogen and oxygen atoms in total. The fraction of sp³-hybridized carbons (Fsp3) is 0.933. The zero-order chi connectivity index (χ0) is 15.9. The average Bonchev–Trinajstić information content (AvgIpc) is 2.37. The highest BCUT2D eigenvalue weighted by Crippen LogP contribution is 2.23. The van der Waals surface area contributed by atoms with Gasteiger partial charge in [0.2, 0.25) is 0 Å². The van der Waals surface area contributed by atoms with Crippen molar-refractivity contribution in [2.75, 3.05) is 0 Å². The van der Waals surface area contributed by atoms with Crippen molar-refractivity contribution in [2.45, 2.75) is 71.7 Å². The van der Waals surface area contributed by atoms with Crippen LogP contribution in [-0.2, 0) is 4.79 Å². The molecule has 0 aromatic rings. The van der Waals surface area contributed by atoms with Crippen molar-refractivity contribution in [3.8, 4) is 0 Å². The fourth-order valence-corrected chi connectivity index (χ4v) is 2.26. The molecular formula is C15H30O5. The molecule has 0 saturated carbocycles. The van der Waals surface area contributed by atoms with Gasteiger partial charge in [0.1, 0.15) is 0 Å². The molecule has 6 unspecified atom stereocenters. The predicted molar refractivity (Wildman–Crippen MR) is 77.3 cm³/mol. The second-order valence-electron chi connectivity index (χ2n) is 6.04. The molecular weight excluding hydrogens is 260 g/mol. The van der Waals surface area contributed by atoms with Crippen molar-refractivity contribution < 1.29 is 25.2 Å². The summed E-state index contributed by atoms with van der Waals surface area (Å²) in [4.78, 5) is 10.8. The van der Waals surface area contributed by atoms with Gasteiger partial charge in [0.15, 0.2) is 0 Å². The standard InChI is InChI=1S/C15H30O5/c1-5-6-12(16)9(2)7-13(17)10(3)8-14(18)11(4)15(19)20/h9-14,16-18H,5-8H2,1-4H3,(H,19,20). The molecule has 0 fully saturated rings. The van der Waals surface area contributed by atoms with E-state index in [-0.39, 0.29) is 18.3 Å². The first kappa shape index (κ1) is 19.4. The van der Waals surface area contributed by atoms with E-state index in [4.69, 9.17) is 5.11 Å². The summed E-state index contributed by atoms with van der Waals surface area (Å²) in [6.45, 7) is 7.15. The van der Waals surface area contributed by atoms with Crippen LogP contribution >= 0.6 is 0 Å². The van der Waals surface area contributed by atoms with E-state index in [0.717, 1.165) is 6.42 Å². The quantitative estimate of drug-likeness (QED) is 0.490. The van der Waals surface area contributed by atoms with E-state index in [2.05, 4.69) is 0 Å². The summed E-state index contributed by atoms with van der Waals surface area (Å²) < 4.78 is 0. The van der Waals surface area contributed by atoms with Crippen LogP contribution in [0, 0.1) is 17.8 Å². The highest BCUT2D eigenvalue weighted by molar-refractivity contribution is 5.70. The van der Waals surface area contributed by atoms with E-state index < -0.39 is 30.2 Å². The van der Waals surface area contributed by atoms with Gasteiger partial charge in [0.25, 0.3) is 0 Å². The van der Waals surface area contributed by atoms with Gasteiger partial charge >= 0.3 is 5.97 Å². The normalized spacial score (nSPS) is 20.8. The van der Waals surface area contributed by atoms with E-state index >= 15 is 0 Å². The lowest BCUT2D eigenvalue weighted by molar-refractivity contribution is -0.145. The van der Waals surface area contributed by atoms with Crippen LogP contribution in [0.1, 0.15) is 53.4 Å². The van der Waals surface area contributed by atoms with Crippen LogP contribution in [0.3, 0.4) is 0 Å². The lowest BCUT2D eigenvalue weighted by Crippen LogP contribution is -2.32. The number of carboxylic acids is 1. The number of aliphatic hydroxyl groups excluding tert-OH is 3. The summed E-state index contributed by atoms with van der Waals surface area (Å²) in [7, 11) is 0. The number of carbonyl (C=O) groups is 1. The van der Waals surface area contributed by atoms with E-state index in [0.29, 0.717) is 12.8 Å². The second-order valence-corrected chi connectivity index (χ2v) is 6.04. The average molecular weight is 290 g/mol. The number of carboxylic acid groups (broad SMARTS) is 1. The zero-order valence-corrected chi connectivity index (χ0v) is 13.0. The monoisotopic (exact) mass is 290 g/mol. The van der Waals surface area contributed by atoms with Crippen LogP contribution in [0.5, 0.6) is 0 Å². The predicted octanol–water partition coefficient (Wildman–Crippen LogP) is 1.64. The minimum atomic E-state index is -1.04. The lowest BCUT2D eigenvalue weighted by Gasteiger charge is -2.27. The van der Waals surface area contributed by atoms with Crippen molar-refractivity contribution in [1.29, 1.82) is 0 Å². The SMILES string of the molecule is CCCC(O)C(C)CC(O)C(C)CC(O)C(C)C(=O)O. The second kappa shape index (κ2) is 9.32. The van der Waals surface area contributed by atoms with Crippen LogP contribution in [0.4, 0.5) is 0 Å². The molecule has 0 spiro atoms. The molecule has 0 aliphatic rings. The molecule has 5 heteroatoms. The summed E-state index contributed by atoms with van der Waals surface area (Å²) in [5.74, 6) is -2.09. The molecule has 0 aromatic heterocycles. The molecule has 20 heavy (non-hydrogen) atoms. The molecule has 6 atom stereocenters. The number of hydrogen-bond acceptors (Lipinski definition) is 4. The minimum absolute atomic E-state index is 0.0126. The molecule has 0 heterocycles. The topological polar surface area (TPSA) is 98.0 Å². The highest BCUT2D eigenvalue weighted by atomic mass is 16.4. The first-order chi connectivity index (χ1) is 9.20. The maximum atomic E-state index is 10.8. The van der Waals surface area contributed by atoms with Crippen LogP contribution in [0.25, 0.3) is 0 Å². The van der Waals surface area contributed by atoms with Gasteiger partial charge in [-0.05, 0) is 38.0 Å². The molecule has 0 aliphatic carbocycles. The molecule has 0 radical (unpaired) electrons. The van der Waals surface area contributed by atoms with Gasteiger partial charge in [-0.3, -0.25) is 4.79 Å². The lowest BCUT2D eigenvalue weighted by atomic mass is 9.85. The Hall–Kier alpha value is -0.650. The van der Waals surface area contributed by atoms with E-state index in [1.165, 1.54) is 6.92 Å².